The van der Waals surface area contributed by atoms with E-state index in [0.29, 0.717) is 18.5 Å². The van der Waals surface area contributed by atoms with Crippen LogP contribution in [0.4, 0.5) is 5.69 Å². The highest BCUT2D eigenvalue weighted by atomic mass is 16.2. The number of rotatable bonds is 2. The Balaban J connectivity index is 1.45. The Bertz CT molecular complexity index is 645. The molecule has 128 valence electrons. The van der Waals surface area contributed by atoms with E-state index >= 15 is 0 Å². The average Bonchev–Trinajstić information content (AvgIpc) is 2.62. The number of nitrogens with zero attached hydrogens (tertiary/aromatic N) is 1. The van der Waals surface area contributed by atoms with Crippen molar-refractivity contribution in [3.05, 3.63) is 29.8 Å². The van der Waals surface area contributed by atoms with Gasteiger partial charge in [0, 0.05) is 18.7 Å². The number of nitrogens with one attached hydrogen (secondary N) is 1. The maximum absolute atomic E-state index is 12.9. The summed E-state index contributed by atoms with van der Waals surface area (Å²) in [6.07, 6.45) is 6.96. The van der Waals surface area contributed by atoms with Gasteiger partial charge in [0.05, 0.1) is 12.5 Å². The van der Waals surface area contributed by atoms with Crippen LogP contribution >= 0.6 is 0 Å². The Morgan fingerprint density at radius 3 is 2.96 bits per heavy atom. The largest absolute Gasteiger partial charge is 0.342 e. The molecular formula is C19H26N3O2+. The first-order valence-electron chi connectivity index (χ1n) is 9.26. The molecule has 0 aromatic heterocycles. The number of benzene rings is 1. The normalized spacial score (nSPS) is 29.4. The average molecular weight is 328 g/mol. The molecule has 2 aliphatic heterocycles. The molecule has 4 rings (SSSR count). The molecule has 3 aliphatic rings. The van der Waals surface area contributed by atoms with Gasteiger partial charge in [0.1, 0.15) is 6.04 Å². The summed E-state index contributed by atoms with van der Waals surface area (Å²) in [6.45, 7) is 0.760. The third kappa shape index (κ3) is 2.93. The number of para-hydroxylation sites is 1. The van der Waals surface area contributed by atoms with Crippen LogP contribution in [0.15, 0.2) is 24.3 Å². The summed E-state index contributed by atoms with van der Waals surface area (Å²) in [7, 11) is 0. The summed E-state index contributed by atoms with van der Waals surface area (Å²) >= 11 is 0. The van der Waals surface area contributed by atoms with Crippen LogP contribution in [-0.4, -0.2) is 36.5 Å². The minimum absolute atomic E-state index is 0.0387. The highest BCUT2D eigenvalue weighted by molar-refractivity contribution is 5.97. The number of anilines is 1. The smallest absolute Gasteiger partial charge is 0.279 e. The number of nitrogens with two attached hydrogens (primary N) is 1. The Labute approximate surface area is 142 Å². The maximum Gasteiger partial charge on any atom is 0.279 e. The van der Waals surface area contributed by atoms with E-state index in [9.17, 15) is 9.59 Å². The second kappa shape index (κ2) is 6.55. The molecule has 5 nitrogen and oxygen atoms in total. The van der Waals surface area contributed by atoms with Crippen molar-refractivity contribution in [2.24, 2.45) is 0 Å². The van der Waals surface area contributed by atoms with Crippen molar-refractivity contribution < 1.29 is 14.9 Å². The topological polar surface area (TPSA) is 66.0 Å². The van der Waals surface area contributed by atoms with Gasteiger partial charge < -0.3 is 15.5 Å². The molecule has 0 radical (unpaired) electrons. The van der Waals surface area contributed by atoms with E-state index in [2.05, 4.69) is 16.7 Å². The predicted octanol–water partition coefficient (Wildman–Crippen LogP) is 0.729. The molecule has 0 spiro atoms. The van der Waals surface area contributed by atoms with Crippen molar-refractivity contribution in [3.63, 3.8) is 0 Å². The number of fused-ring (bicyclic) bond motifs is 2. The Kier molecular flexibility index (Phi) is 4.27. The molecule has 2 heterocycles. The molecule has 24 heavy (non-hydrogen) atoms. The molecule has 2 amide bonds. The van der Waals surface area contributed by atoms with Gasteiger partial charge >= 0.3 is 0 Å². The van der Waals surface area contributed by atoms with Gasteiger partial charge in [0.25, 0.3) is 5.91 Å². The van der Waals surface area contributed by atoms with Crippen molar-refractivity contribution in [1.82, 2.24) is 5.32 Å². The van der Waals surface area contributed by atoms with E-state index in [1.807, 2.05) is 23.1 Å². The van der Waals surface area contributed by atoms with E-state index in [4.69, 9.17) is 0 Å². The zero-order valence-electron chi connectivity index (χ0n) is 14.0. The molecule has 3 atom stereocenters. The zero-order valence-corrected chi connectivity index (χ0v) is 14.0. The minimum Gasteiger partial charge on any atom is -0.342 e. The molecule has 2 fully saturated rings. The van der Waals surface area contributed by atoms with Crippen LogP contribution in [0, 0.1) is 0 Å². The molecule has 3 N–H and O–H groups in total. The van der Waals surface area contributed by atoms with Gasteiger partial charge in [-0.05, 0) is 37.3 Å². The third-order valence-corrected chi connectivity index (χ3v) is 5.77. The van der Waals surface area contributed by atoms with Gasteiger partial charge in [0.2, 0.25) is 5.91 Å². The molecule has 1 aliphatic carbocycles. The molecule has 1 aromatic carbocycles. The van der Waals surface area contributed by atoms with Crippen LogP contribution in [0.5, 0.6) is 0 Å². The molecule has 5 heteroatoms. The number of quaternary nitrogens is 1. The summed E-state index contributed by atoms with van der Waals surface area (Å²) < 4.78 is 0. The van der Waals surface area contributed by atoms with E-state index in [1.54, 1.807) is 0 Å². The van der Waals surface area contributed by atoms with Crippen molar-refractivity contribution in [2.75, 3.05) is 11.4 Å². The fraction of sp³-hybridized carbons (Fsp3) is 0.579. The van der Waals surface area contributed by atoms with Crippen LogP contribution in [0.1, 0.15) is 44.1 Å². The Morgan fingerprint density at radius 2 is 2.04 bits per heavy atom. The second-order valence-corrected chi connectivity index (χ2v) is 7.34. The number of carbonyl (C=O) groups excluding carboxylic acids is 2. The van der Waals surface area contributed by atoms with Gasteiger partial charge in [-0.2, -0.15) is 0 Å². The second-order valence-electron chi connectivity index (χ2n) is 7.34. The molecule has 0 bridgehead atoms. The predicted molar refractivity (Wildman–Crippen MR) is 91.6 cm³/mol. The van der Waals surface area contributed by atoms with Crippen LogP contribution in [0.25, 0.3) is 0 Å². The lowest BCUT2D eigenvalue weighted by molar-refractivity contribution is -0.718. The summed E-state index contributed by atoms with van der Waals surface area (Å²) in [4.78, 5) is 27.1. The fourth-order valence-electron chi connectivity index (χ4n) is 4.50. The fourth-order valence-corrected chi connectivity index (χ4v) is 4.50. The quantitative estimate of drug-likeness (QED) is 0.840. The molecule has 1 saturated carbocycles. The highest BCUT2D eigenvalue weighted by Crippen LogP contribution is 2.27. The van der Waals surface area contributed by atoms with Crippen molar-refractivity contribution in [2.45, 2.75) is 63.1 Å². The van der Waals surface area contributed by atoms with Crippen molar-refractivity contribution >= 4 is 17.5 Å². The van der Waals surface area contributed by atoms with Crippen LogP contribution in [0.2, 0.25) is 0 Å². The molecule has 1 saturated heterocycles. The number of amides is 2. The first kappa shape index (κ1) is 15.6. The van der Waals surface area contributed by atoms with Gasteiger partial charge in [0.15, 0.2) is 6.04 Å². The van der Waals surface area contributed by atoms with E-state index in [-0.39, 0.29) is 17.9 Å². The SMILES string of the molecule is O=C1N[C@H]2CCCC[C@H]2[NH2+][C@@H]1CC(=O)N1CCCc2ccccc21. The zero-order chi connectivity index (χ0) is 16.5. The van der Waals surface area contributed by atoms with Crippen LogP contribution < -0.4 is 15.5 Å². The number of carbonyl (C=O) groups is 2. The summed E-state index contributed by atoms with van der Waals surface area (Å²) in [5, 5.41) is 5.32. The first-order chi connectivity index (χ1) is 11.7. The number of hydrogen-bond acceptors (Lipinski definition) is 2. The lowest BCUT2D eigenvalue weighted by Crippen LogP contribution is -3.03. The van der Waals surface area contributed by atoms with Crippen molar-refractivity contribution in [3.8, 4) is 0 Å². The van der Waals surface area contributed by atoms with E-state index in [0.717, 1.165) is 37.9 Å². The first-order valence-corrected chi connectivity index (χ1v) is 9.26. The van der Waals surface area contributed by atoms with Gasteiger partial charge in [-0.1, -0.05) is 24.6 Å². The van der Waals surface area contributed by atoms with Gasteiger partial charge in [-0.15, -0.1) is 0 Å². The Morgan fingerprint density at radius 1 is 1.21 bits per heavy atom. The van der Waals surface area contributed by atoms with Gasteiger partial charge in [-0.25, -0.2) is 0 Å². The minimum atomic E-state index is -0.272. The third-order valence-electron chi connectivity index (χ3n) is 5.77. The number of aryl methyl sites for hydroxylation is 1. The summed E-state index contributed by atoms with van der Waals surface area (Å²) in [6, 6.07) is 8.60. The summed E-state index contributed by atoms with van der Waals surface area (Å²) in [5.41, 5.74) is 2.27. The Hall–Kier alpha value is -1.88. The standard InChI is InChI=1S/C19H25N3O2/c23-18(22-11-5-7-13-6-1-4-10-17(13)22)12-16-19(24)21-15-9-3-2-8-14(15)20-16/h1,4,6,10,14-16,20H,2-3,5,7-9,11-12H2,(H,21,24)/p+1/t14-,15+,16-/m1/s1. The van der Waals surface area contributed by atoms with Crippen molar-refractivity contribution in [1.29, 1.82) is 0 Å². The van der Waals surface area contributed by atoms with E-state index < -0.39 is 0 Å². The number of hydrogen-bond donors (Lipinski definition) is 2. The molecule has 0 unspecified atom stereocenters. The van der Waals surface area contributed by atoms with Gasteiger partial charge in [-0.3, -0.25) is 9.59 Å². The van der Waals surface area contributed by atoms with E-state index in [1.165, 1.54) is 18.4 Å². The van der Waals surface area contributed by atoms with Crippen LogP contribution in [-0.2, 0) is 16.0 Å². The molecular weight excluding hydrogens is 302 g/mol. The summed E-state index contributed by atoms with van der Waals surface area (Å²) in [5.74, 6) is 0.115. The maximum atomic E-state index is 12.9. The monoisotopic (exact) mass is 328 g/mol. The lowest BCUT2D eigenvalue weighted by atomic mass is 9.87. The molecule has 1 aromatic rings. The lowest BCUT2D eigenvalue weighted by Gasteiger charge is -2.38. The highest BCUT2D eigenvalue weighted by Gasteiger charge is 2.41. The van der Waals surface area contributed by atoms with Crippen LogP contribution in [0.3, 0.4) is 0 Å². The number of piperazine rings is 1.